The van der Waals surface area contributed by atoms with Crippen molar-refractivity contribution in [3.8, 4) is 5.88 Å². The standard InChI is InChI=1S/C18H21NO2/c1-13-6-2-3-8-15(13)12-21-18-17-9-5-4-7-14(17)10-16(11-20)19-18/h2-5,7,9-10,13,15,20H,6,8,11-12H2,1H3. The highest BCUT2D eigenvalue weighted by Gasteiger charge is 2.19. The molecule has 2 atom stereocenters. The molecular formula is C18H21NO2. The second-order valence-electron chi connectivity index (χ2n) is 5.79. The molecule has 0 saturated carbocycles. The van der Waals surface area contributed by atoms with Gasteiger partial charge in [-0.1, -0.05) is 37.3 Å². The van der Waals surface area contributed by atoms with Gasteiger partial charge >= 0.3 is 0 Å². The fourth-order valence-electron chi connectivity index (χ4n) is 2.84. The number of ether oxygens (including phenoxy) is 1. The van der Waals surface area contributed by atoms with E-state index in [1.165, 1.54) is 0 Å². The third-order valence-electron chi connectivity index (χ3n) is 4.27. The van der Waals surface area contributed by atoms with Gasteiger partial charge in [-0.3, -0.25) is 0 Å². The van der Waals surface area contributed by atoms with Crippen LogP contribution in [0, 0.1) is 11.8 Å². The van der Waals surface area contributed by atoms with Gasteiger partial charge < -0.3 is 9.84 Å². The van der Waals surface area contributed by atoms with Crippen molar-refractivity contribution in [3.63, 3.8) is 0 Å². The Morgan fingerprint density at radius 2 is 2.05 bits per heavy atom. The molecule has 0 saturated heterocycles. The van der Waals surface area contributed by atoms with Gasteiger partial charge in [-0.05, 0) is 42.2 Å². The lowest BCUT2D eigenvalue weighted by Gasteiger charge is -2.25. The van der Waals surface area contributed by atoms with Crippen molar-refractivity contribution in [2.24, 2.45) is 11.8 Å². The Hall–Kier alpha value is -1.87. The number of aromatic nitrogens is 1. The van der Waals surface area contributed by atoms with Crippen molar-refractivity contribution in [1.82, 2.24) is 4.98 Å². The fourth-order valence-corrected chi connectivity index (χ4v) is 2.84. The van der Waals surface area contributed by atoms with Gasteiger partial charge in [0, 0.05) is 5.39 Å². The average Bonchev–Trinajstić information content (AvgIpc) is 2.53. The molecule has 0 fully saturated rings. The summed E-state index contributed by atoms with van der Waals surface area (Å²) in [5, 5.41) is 11.4. The number of allylic oxidation sites excluding steroid dienone is 2. The van der Waals surface area contributed by atoms with Crippen molar-refractivity contribution in [2.75, 3.05) is 6.61 Å². The zero-order chi connectivity index (χ0) is 14.7. The number of rotatable bonds is 4. The van der Waals surface area contributed by atoms with Crippen LogP contribution in [0.1, 0.15) is 25.5 Å². The lowest BCUT2D eigenvalue weighted by molar-refractivity contribution is 0.193. The first-order chi connectivity index (χ1) is 10.3. The van der Waals surface area contributed by atoms with Crippen LogP contribution in [0.3, 0.4) is 0 Å². The average molecular weight is 283 g/mol. The zero-order valence-electron chi connectivity index (χ0n) is 12.3. The Bertz CT molecular complexity index is 651. The van der Waals surface area contributed by atoms with Crippen LogP contribution in [0.25, 0.3) is 10.8 Å². The summed E-state index contributed by atoms with van der Waals surface area (Å²) in [6.45, 7) is 2.88. The maximum Gasteiger partial charge on any atom is 0.221 e. The largest absolute Gasteiger partial charge is 0.477 e. The van der Waals surface area contributed by atoms with E-state index in [1.807, 2.05) is 30.3 Å². The van der Waals surface area contributed by atoms with Crippen molar-refractivity contribution in [3.05, 3.63) is 48.2 Å². The van der Waals surface area contributed by atoms with Gasteiger partial charge in [-0.2, -0.15) is 0 Å². The summed E-state index contributed by atoms with van der Waals surface area (Å²) in [7, 11) is 0. The second kappa shape index (κ2) is 6.27. The molecule has 3 rings (SSSR count). The minimum Gasteiger partial charge on any atom is -0.477 e. The quantitative estimate of drug-likeness (QED) is 0.870. The molecule has 0 spiro atoms. The number of aliphatic hydroxyl groups is 1. The van der Waals surface area contributed by atoms with Crippen LogP contribution in [0.4, 0.5) is 0 Å². The van der Waals surface area contributed by atoms with E-state index >= 15 is 0 Å². The molecule has 1 N–H and O–H groups in total. The molecular weight excluding hydrogens is 262 g/mol. The SMILES string of the molecule is CC1CC=CCC1COc1nc(CO)cc2ccccc12. The molecule has 21 heavy (non-hydrogen) atoms. The van der Waals surface area contributed by atoms with E-state index in [-0.39, 0.29) is 6.61 Å². The highest BCUT2D eigenvalue weighted by molar-refractivity contribution is 5.87. The lowest BCUT2D eigenvalue weighted by Crippen LogP contribution is -2.21. The van der Waals surface area contributed by atoms with Gasteiger partial charge in [0.1, 0.15) is 0 Å². The molecule has 1 aromatic heterocycles. The summed E-state index contributed by atoms with van der Waals surface area (Å²) in [5.74, 6) is 1.81. The van der Waals surface area contributed by atoms with E-state index in [1.54, 1.807) is 0 Å². The number of benzene rings is 1. The van der Waals surface area contributed by atoms with Crippen molar-refractivity contribution < 1.29 is 9.84 Å². The van der Waals surface area contributed by atoms with Gasteiger partial charge in [-0.25, -0.2) is 4.98 Å². The van der Waals surface area contributed by atoms with Gasteiger partial charge in [0.2, 0.25) is 5.88 Å². The number of hydrogen-bond acceptors (Lipinski definition) is 3. The predicted molar refractivity (Wildman–Crippen MR) is 84.2 cm³/mol. The van der Waals surface area contributed by atoms with Crippen LogP contribution in [0.15, 0.2) is 42.5 Å². The van der Waals surface area contributed by atoms with Crippen LogP contribution >= 0.6 is 0 Å². The van der Waals surface area contributed by atoms with E-state index in [9.17, 15) is 5.11 Å². The van der Waals surface area contributed by atoms with E-state index < -0.39 is 0 Å². The molecule has 1 aliphatic rings. The molecule has 3 heteroatoms. The monoisotopic (exact) mass is 283 g/mol. The molecule has 0 aliphatic heterocycles. The summed E-state index contributed by atoms with van der Waals surface area (Å²) >= 11 is 0. The van der Waals surface area contributed by atoms with Gasteiger partial charge in [0.25, 0.3) is 0 Å². The smallest absolute Gasteiger partial charge is 0.221 e. The minimum absolute atomic E-state index is 0.0657. The van der Waals surface area contributed by atoms with E-state index in [0.717, 1.165) is 23.6 Å². The topological polar surface area (TPSA) is 42.4 Å². The Kier molecular flexibility index (Phi) is 4.20. The van der Waals surface area contributed by atoms with Crippen molar-refractivity contribution >= 4 is 10.8 Å². The Morgan fingerprint density at radius 1 is 1.24 bits per heavy atom. The number of aliphatic hydroxyl groups excluding tert-OH is 1. The summed E-state index contributed by atoms with van der Waals surface area (Å²) < 4.78 is 6.02. The van der Waals surface area contributed by atoms with Gasteiger partial charge in [-0.15, -0.1) is 0 Å². The Morgan fingerprint density at radius 3 is 2.86 bits per heavy atom. The molecule has 3 nitrogen and oxygen atoms in total. The summed E-state index contributed by atoms with van der Waals surface area (Å²) in [5.41, 5.74) is 0.653. The van der Waals surface area contributed by atoms with Crippen molar-refractivity contribution in [2.45, 2.75) is 26.4 Å². The van der Waals surface area contributed by atoms with E-state index in [2.05, 4.69) is 24.1 Å². The predicted octanol–water partition coefficient (Wildman–Crippen LogP) is 3.71. The van der Waals surface area contributed by atoms with Crippen LogP contribution < -0.4 is 4.74 Å². The number of fused-ring (bicyclic) bond motifs is 1. The van der Waals surface area contributed by atoms with Gasteiger partial charge in [0.05, 0.1) is 18.9 Å². The Balaban J connectivity index is 1.84. The normalized spacial score (nSPS) is 21.6. The molecule has 2 unspecified atom stereocenters. The summed E-state index contributed by atoms with van der Waals surface area (Å²) in [6.07, 6.45) is 6.68. The molecule has 110 valence electrons. The maximum absolute atomic E-state index is 9.35. The Labute approximate surface area is 125 Å². The molecule has 1 heterocycles. The first-order valence-electron chi connectivity index (χ1n) is 7.55. The summed E-state index contributed by atoms with van der Waals surface area (Å²) in [6, 6.07) is 9.93. The third kappa shape index (κ3) is 3.08. The molecule has 0 radical (unpaired) electrons. The fraction of sp³-hybridized carbons (Fsp3) is 0.389. The molecule has 0 bridgehead atoms. The molecule has 2 aromatic rings. The lowest BCUT2D eigenvalue weighted by atomic mass is 9.85. The zero-order valence-corrected chi connectivity index (χ0v) is 12.3. The molecule has 0 amide bonds. The molecule has 1 aliphatic carbocycles. The third-order valence-corrected chi connectivity index (χ3v) is 4.27. The van der Waals surface area contributed by atoms with Gasteiger partial charge in [0.15, 0.2) is 0 Å². The summed E-state index contributed by atoms with van der Waals surface area (Å²) in [4.78, 5) is 4.44. The van der Waals surface area contributed by atoms with Crippen LogP contribution in [0.5, 0.6) is 5.88 Å². The van der Waals surface area contributed by atoms with Crippen molar-refractivity contribution in [1.29, 1.82) is 0 Å². The minimum atomic E-state index is -0.0657. The maximum atomic E-state index is 9.35. The number of nitrogens with zero attached hydrogens (tertiary/aromatic N) is 1. The van der Waals surface area contributed by atoms with E-state index in [4.69, 9.17) is 4.74 Å². The number of pyridine rings is 1. The second-order valence-corrected chi connectivity index (χ2v) is 5.79. The first kappa shape index (κ1) is 14.1. The van der Waals surface area contributed by atoms with Crippen LogP contribution in [-0.4, -0.2) is 16.7 Å². The van der Waals surface area contributed by atoms with Crippen LogP contribution in [-0.2, 0) is 6.61 Å². The highest BCUT2D eigenvalue weighted by atomic mass is 16.5. The molecule has 1 aromatic carbocycles. The van der Waals surface area contributed by atoms with Crippen LogP contribution in [0.2, 0.25) is 0 Å². The first-order valence-corrected chi connectivity index (χ1v) is 7.55. The van der Waals surface area contributed by atoms with E-state index in [0.29, 0.717) is 30.0 Å². The number of hydrogen-bond donors (Lipinski definition) is 1. The highest BCUT2D eigenvalue weighted by Crippen LogP contribution is 2.28.